The summed E-state index contributed by atoms with van der Waals surface area (Å²) in [4.78, 5) is 25.3. The van der Waals surface area contributed by atoms with Gasteiger partial charge in [-0.05, 0) is 42.7 Å². The van der Waals surface area contributed by atoms with Crippen molar-refractivity contribution in [3.8, 4) is 0 Å². The molecule has 0 bridgehead atoms. The second-order valence-corrected chi connectivity index (χ2v) is 6.56. The van der Waals surface area contributed by atoms with Crippen LogP contribution in [0.3, 0.4) is 0 Å². The van der Waals surface area contributed by atoms with Gasteiger partial charge in [0.25, 0.3) is 5.69 Å². The van der Waals surface area contributed by atoms with E-state index in [1.54, 1.807) is 12.1 Å². The van der Waals surface area contributed by atoms with Crippen molar-refractivity contribution >= 4 is 17.3 Å². The maximum Gasteiger partial charge on any atom is 0.338 e. The van der Waals surface area contributed by atoms with Gasteiger partial charge in [-0.2, -0.15) is 0 Å². The Kier molecular flexibility index (Phi) is 6.01. The first kappa shape index (κ1) is 18.8. The lowest BCUT2D eigenvalue weighted by Crippen LogP contribution is -2.24. The van der Waals surface area contributed by atoms with Crippen LogP contribution in [0.4, 0.5) is 15.8 Å². The molecule has 1 saturated heterocycles. The average molecular weight is 372 g/mol. The lowest BCUT2D eigenvalue weighted by molar-refractivity contribution is -0.384. The molecule has 0 amide bonds. The predicted molar refractivity (Wildman–Crippen MR) is 99.3 cm³/mol. The van der Waals surface area contributed by atoms with Gasteiger partial charge in [-0.15, -0.1) is 0 Å². The highest BCUT2D eigenvalue weighted by molar-refractivity contribution is 5.91. The second-order valence-electron chi connectivity index (χ2n) is 6.56. The number of carbonyl (C=O) groups excluding carboxylic acids is 1. The normalized spacial score (nSPS) is 14.5. The van der Waals surface area contributed by atoms with Gasteiger partial charge >= 0.3 is 5.97 Å². The summed E-state index contributed by atoms with van der Waals surface area (Å²) in [7, 11) is 0. The number of nitrogens with zero attached hydrogens (tertiary/aromatic N) is 2. The van der Waals surface area contributed by atoms with E-state index >= 15 is 0 Å². The molecule has 142 valence electrons. The molecule has 1 aliphatic heterocycles. The summed E-state index contributed by atoms with van der Waals surface area (Å²) in [6.07, 6.45) is 4.24. The van der Waals surface area contributed by atoms with Gasteiger partial charge in [-0.25, -0.2) is 9.18 Å². The summed E-state index contributed by atoms with van der Waals surface area (Å²) in [5.74, 6) is -1.02. The Hall–Kier alpha value is -2.96. The molecular formula is C20H21FN2O4. The highest BCUT2D eigenvalue weighted by Crippen LogP contribution is 2.31. The molecule has 0 aliphatic carbocycles. The predicted octanol–water partition coefficient (Wildman–Crippen LogP) is 4.47. The van der Waals surface area contributed by atoms with Crippen LogP contribution in [0.15, 0.2) is 42.5 Å². The van der Waals surface area contributed by atoms with E-state index in [1.165, 1.54) is 30.3 Å². The zero-order valence-corrected chi connectivity index (χ0v) is 14.9. The largest absolute Gasteiger partial charge is 0.457 e. The van der Waals surface area contributed by atoms with Crippen molar-refractivity contribution in [1.82, 2.24) is 0 Å². The van der Waals surface area contributed by atoms with Crippen molar-refractivity contribution in [3.05, 3.63) is 69.5 Å². The number of hydrogen-bond donors (Lipinski definition) is 0. The first-order valence-electron chi connectivity index (χ1n) is 8.99. The van der Waals surface area contributed by atoms with E-state index in [-0.39, 0.29) is 23.7 Å². The Morgan fingerprint density at radius 1 is 1.07 bits per heavy atom. The Morgan fingerprint density at radius 3 is 2.37 bits per heavy atom. The van der Waals surface area contributed by atoms with Crippen LogP contribution in [0.25, 0.3) is 0 Å². The van der Waals surface area contributed by atoms with Gasteiger partial charge in [-0.3, -0.25) is 10.1 Å². The number of esters is 1. The van der Waals surface area contributed by atoms with Crippen LogP contribution in [0.2, 0.25) is 0 Å². The Labute approximate surface area is 156 Å². The smallest absolute Gasteiger partial charge is 0.338 e. The molecule has 2 aromatic carbocycles. The fourth-order valence-corrected chi connectivity index (χ4v) is 3.19. The van der Waals surface area contributed by atoms with Crippen LogP contribution >= 0.6 is 0 Å². The SMILES string of the molecule is O=C(OCc1ccc(F)cc1)c1ccc(N2CCCCCC2)c([N+](=O)[O-])c1. The number of nitro groups is 1. The summed E-state index contributed by atoms with van der Waals surface area (Å²) >= 11 is 0. The van der Waals surface area contributed by atoms with E-state index in [0.717, 1.165) is 38.8 Å². The molecule has 1 aliphatic rings. The van der Waals surface area contributed by atoms with Crippen LogP contribution in [0, 0.1) is 15.9 Å². The van der Waals surface area contributed by atoms with Crippen LogP contribution in [-0.2, 0) is 11.3 Å². The molecule has 1 fully saturated rings. The molecule has 27 heavy (non-hydrogen) atoms. The number of halogens is 1. The number of nitro benzene ring substituents is 1. The minimum absolute atomic E-state index is 0.0270. The third kappa shape index (κ3) is 4.81. The van der Waals surface area contributed by atoms with E-state index in [0.29, 0.717) is 11.3 Å². The molecule has 0 spiro atoms. The standard InChI is InChI=1S/C20H21FN2O4/c21-17-8-5-15(6-9-17)14-27-20(24)16-7-10-18(19(13-16)23(25)26)22-11-3-1-2-4-12-22/h5-10,13H,1-4,11-12,14H2. The van der Waals surface area contributed by atoms with Gasteiger partial charge < -0.3 is 9.64 Å². The molecule has 0 aromatic heterocycles. The molecule has 7 heteroatoms. The first-order chi connectivity index (χ1) is 13.0. The molecule has 0 N–H and O–H groups in total. The monoisotopic (exact) mass is 372 g/mol. The molecule has 3 rings (SSSR count). The molecule has 0 atom stereocenters. The van der Waals surface area contributed by atoms with Gasteiger partial charge in [-0.1, -0.05) is 25.0 Å². The lowest BCUT2D eigenvalue weighted by Gasteiger charge is -2.22. The van der Waals surface area contributed by atoms with Crippen molar-refractivity contribution in [2.45, 2.75) is 32.3 Å². The third-order valence-electron chi connectivity index (χ3n) is 4.64. The van der Waals surface area contributed by atoms with E-state index in [9.17, 15) is 19.3 Å². The van der Waals surface area contributed by atoms with Crippen molar-refractivity contribution < 1.29 is 18.8 Å². The zero-order valence-electron chi connectivity index (χ0n) is 14.9. The summed E-state index contributed by atoms with van der Waals surface area (Å²) in [5.41, 5.74) is 1.22. The number of carbonyl (C=O) groups is 1. The highest BCUT2D eigenvalue weighted by atomic mass is 19.1. The fourth-order valence-electron chi connectivity index (χ4n) is 3.19. The Balaban J connectivity index is 1.75. The van der Waals surface area contributed by atoms with Gasteiger partial charge in [0.05, 0.1) is 10.5 Å². The molecule has 0 unspecified atom stereocenters. The summed E-state index contributed by atoms with van der Waals surface area (Å²) in [6.45, 7) is 1.52. The number of hydrogen-bond acceptors (Lipinski definition) is 5. The molecule has 2 aromatic rings. The molecule has 6 nitrogen and oxygen atoms in total. The van der Waals surface area contributed by atoms with Crippen LogP contribution in [-0.4, -0.2) is 24.0 Å². The minimum Gasteiger partial charge on any atom is -0.457 e. The van der Waals surface area contributed by atoms with Gasteiger partial charge in [0, 0.05) is 19.2 Å². The second kappa shape index (κ2) is 8.62. The van der Waals surface area contributed by atoms with Crippen LogP contribution in [0.1, 0.15) is 41.6 Å². The lowest BCUT2D eigenvalue weighted by atomic mass is 10.1. The fraction of sp³-hybridized carbons (Fsp3) is 0.350. The average Bonchev–Trinajstić information content (AvgIpc) is 2.96. The number of anilines is 1. The van der Waals surface area contributed by atoms with Crippen LogP contribution in [0.5, 0.6) is 0 Å². The van der Waals surface area contributed by atoms with Gasteiger partial charge in [0.15, 0.2) is 0 Å². The quantitative estimate of drug-likeness (QED) is 0.440. The van der Waals surface area contributed by atoms with E-state index in [2.05, 4.69) is 0 Å². The Bertz CT molecular complexity index is 815. The molecular weight excluding hydrogens is 351 g/mol. The first-order valence-corrected chi connectivity index (χ1v) is 8.99. The van der Waals surface area contributed by atoms with Crippen molar-refractivity contribution in [3.63, 3.8) is 0 Å². The van der Waals surface area contributed by atoms with Crippen molar-refractivity contribution in [1.29, 1.82) is 0 Å². The maximum absolute atomic E-state index is 12.9. The topological polar surface area (TPSA) is 72.7 Å². The number of benzene rings is 2. The summed E-state index contributed by atoms with van der Waals surface area (Å²) in [5, 5.41) is 11.5. The molecule has 1 heterocycles. The minimum atomic E-state index is -0.648. The summed E-state index contributed by atoms with van der Waals surface area (Å²) < 4.78 is 18.1. The zero-order chi connectivity index (χ0) is 19.2. The number of rotatable bonds is 5. The van der Waals surface area contributed by atoms with Gasteiger partial charge in [0.1, 0.15) is 18.1 Å². The van der Waals surface area contributed by atoms with Crippen molar-refractivity contribution in [2.75, 3.05) is 18.0 Å². The third-order valence-corrected chi connectivity index (χ3v) is 4.64. The van der Waals surface area contributed by atoms with E-state index in [1.807, 2.05) is 4.90 Å². The van der Waals surface area contributed by atoms with Crippen molar-refractivity contribution in [2.24, 2.45) is 0 Å². The van der Waals surface area contributed by atoms with E-state index < -0.39 is 10.9 Å². The van der Waals surface area contributed by atoms with E-state index in [4.69, 9.17) is 4.74 Å². The Morgan fingerprint density at radius 2 is 1.74 bits per heavy atom. The maximum atomic E-state index is 12.9. The molecule has 0 saturated carbocycles. The summed E-state index contributed by atoms with van der Waals surface area (Å²) in [6, 6.07) is 10.1. The highest BCUT2D eigenvalue weighted by Gasteiger charge is 2.23. The number of ether oxygens (including phenoxy) is 1. The molecule has 0 radical (unpaired) electrons. The van der Waals surface area contributed by atoms with Gasteiger partial charge in [0.2, 0.25) is 0 Å². The van der Waals surface area contributed by atoms with Crippen LogP contribution < -0.4 is 4.90 Å².